The zero-order chi connectivity index (χ0) is 29.6. The number of alkyl halides is 3. The topological polar surface area (TPSA) is 88.2 Å². The highest BCUT2D eigenvalue weighted by atomic mass is 32.2. The van der Waals surface area contributed by atoms with Crippen molar-refractivity contribution in [2.24, 2.45) is 10.7 Å². The smallest absolute Gasteiger partial charge is 0.430 e. The first-order valence-electron chi connectivity index (χ1n) is 13.1. The fraction of sp³-hybridized carbons (Fsp3) is 0.345. The van der Waals surface area contributed by atoms with Gasteiger partial charge in [0.05, 0.1) is 22.1 Å². The fourth-order valence-electron chi connectivity index (χ4n) is 4.26. The molecule has 0 atom stereocenters. The molecule has 1 saturated heterocycles. The van der Waals surface area contributed by atoms with Crippen LogP contribution in [0.25, 0.3) is 11.1 Å². The van der Waals surface area contributed by atoms with E-state index in [4.69, 9.17) is 10.5 Å². The van der Waals surface area contributed by atoms with Gasteiger partial charge in [0.2, 0.25) is 0 Å². The van der Waals surface area contributed by atoms with Gasteiger partial charge in [0.25, 0.3) is 0 Å². The summed E-state index contributed by atoms with van der Waals surface area (Å²) in [6, 6.07) is 15.0. The van der Waals surface area contributed by atoms with E-state index in [0.717, 1.165) is 51.5 Å². The third kappa shape index (κ3) is 8.65. The van der Waals surface area contributed by atoms with Gasteiger partial charge < -0.3 is 20.3 Å². The summed E-state index contributed by atoms with van der Waals surface area (Å²) in [5.41, 5.74) is 5.78. The molecular formula is C29H33F3N4O3S2. The van der Waals surface area contributed by atoms with E-state index in [9.17, 15) is 21.6 Å². The van der Waals surface area contributed by atoms with Crippen molar-refractivity contribution in [3.05, 3.63) is 76.6 Å². The Morgan fingerprint density at radius 2 is 1.80 bits per heavy atom. The molecule has 0 unspecified atom stereocenters. The molecule has 2 N–H and O–H groups in total. The monoisotopic (exact) mass is 606 g/mol. The number of sulfone groups is 1. The van der Waals surface area contributed by atoms with Crippen LogP contribution in [-0.4, -0.2) is 82.7 Å². The highest BCUT2D eigenvalue weighted by molar-refractivity contribution is 7.90. The number of aliphatic imine (C=N–C) groups is 1. The third-order valence-electron chi connectivity index (χ3n) is 6.65. The Labute approximate surface area is 242 Å². The third-order valence-corrected chi connectivity index (χ3v) is 8.71. The Kier molecular flexibility index (Phi) is 9.90. The van der Waals surface area contributed by atoms with Crippen molar-refractivity contribution < 1.29 is 26.3 Å². The summed E-state index contributed by atoms with van der Waals surface area (Å²) < 4.78 is 70.3. The largest absolute Gasteiger partial charge is 0.491 e. The molecule has 0 saturated carbocycles. The normalized spacial score (nSPS) is 16.2. The van der Waals surface area contributed by atoms with E-state index in [-0.39, 0.29) is 10.6 Å². The summed E-state index contributed by atoms with van der Waals surface area (Å²) in [7, 11) is -1.32. The van der Waals surface area contributed by atoms with Crippen LogP contribution in [0.1, 0.15) is 11.3 Å². The lowest BCUT2D eigenvalue weighted by atomic mass is 10.1. The number of piperazine rings is 1. The van der Waals surface area contributed by atoms with Gasteiger partial charge in [0.15, 0.2) is 9.84 Å². The van der Waals surface area contributed by atoms with Crippen LogP contribution < -0.4 is 10.5 Å². The van der Waals surface area contributed by atoms with E-state index in [1.807, 2.05) is 0 Å². The highest BCUT2D eigenvalue weighted by Crippen LogP contribution is 2.33. The van der Waals surface area contributed by atoms with Crippen molar-refractivity contribution in [3.63, 3.8) is 0 Å². The number of benzene rings is 2. The molecule has 2 aromatic carbocycles. The van der Waals surface area contributed by atoms with Crippen LogP contribution >= 0.6 is 11.3 Å². The van der Waals surface area contributed by atoms with Crippen LogP contribution in [0, 0.1) is 0 Å². The van der Waals surface area contributed by atoms with Gasteiger partial charge in [-0.25, -0.2) is 13.4 Å². The lowest BCUT2D eigenvalue weighted by Gasteiger charge is -2.32. The lowest BCUT2D eigenvalue weighted by molar-refractivity contribution is -0.0925. The fourth-order valence-corrected chi connectivity index (χ4v) is 5.80. The van der Waals surface area contributed by atoms with Crippen LogP contribution in [-0.2, 0) is 9.84 Å². The van der Waals surface area contributed by atoms with Gasteiger partial charge in [-0.3, -0.25) is 0 Å². The SMILES string of the molecule is CN1CCN(CCCOc2ccccc2N=C(C=C(N)C(F)(F)F)c2cc(-c3cccc(S(C)(=O)=O)c3)cs2)CC1. The van der Waals surface area contributed by atoms with Crippen LogP contribution in [0.4, 0.5) is 18.9 Å². The van der Waals surface area contributed by atoms with Gasteiger partial charge >= 0.3 is 6.18 Å². The first-order valence-corrected chi connectivity index (χ1v) is 15.8. The summed E-state index contributed by atoms with van der Waals surface area (Å²) in [4.78, 5) is 9.82. The molecule has 7 nitrogen and oxygen atoms in total. The second-order valence-electron chi connectivity index (χ2n) is 9.91. The standard InChI is InChI=1S/C29H33F3N4O3S2/c1-35-12-14-36(15-13-35)11-6-16-39-26-10-4-3-9-24(26)34-25(19-28(33)29(30,31)32)27-18-22(20-40-27)21-7-5-8-23(17-21)41(2,37)38/h3-5,7-10,17-20H,6,11-16,33H2,1-2H3. The van der Waals surface area contributed by atoms with Gasteiger partial charge in [-0.2, -0.15) is 13.2 Å². The van der Waals surface area contributed by atoms with Crippen molar-refractivity contribution in [1.82, 2.24) is 9.80 Å². The molecule has 1 aromatic heterocycles. The number of ether oxygens (including phenoxy) is 1. The van der Waals surface area contributed by atoms with Gasteiger partial charge in [-0.05, 0) is 66.4 Å². The minimum absolute atomic E-state index is 0.0174. The molecule has 0 spiro atoms. The van der Waals surface area contributed by atoms with Crippen molar-refractivity contribution in [2.75, 3.05) is 52.6 Å². The van der Waals surface area contributed by atoms with E-state index in [1.54, 1.807) is 47.8 Å². The molecule has 1 aliphatic rings. The maximum absolute atomic E-state index is 13.4. The van der Waals surface area contributed by atoms with Gasteiger partial charge in [-0.15, -0.1) is 11.3 Å². The van der Waals surface area contributed by atoms with E-state index in [2.05, 4.69) is 21.8 Å². The number of para-hydroxylation sites is 2. The molecule has 2 heterocycles. The Bertz CT molecular complexity index is 1510. The maximum Gasteiger partial charge on any atom is 0.430 e. The molecule has 1 aliphatic heterocycles. The van der Waals surface area contributed by atoms with Crippen molar-refractivity contribution >= 4 is 32.6 Å². The quantitative estimate of drug-likeness (QED) is 0.247. The zero-order valence-corrected chi connectivity index (χ0v) is 24.5. The number of thiophene rings is 1. The molecule has 1 fully saturated rings. The summed E-state index contributed by atoms with van der Waals surface area (Å²) in [5.74, 6) is 0.458. The minimum Gasteiger partial charge on any atom is -0.491 e. The number of hydrogen-bond donors (Lipinski definition) is 1. The average Bonchev–Trinajstić information content (AvgIpc) is 3.42. The molecule has 12 heteroatoms. The summed E-state index contributed by atoms with van der Waals surface area (Å²) in [6.45, 7) is 5.42. The lowest BCUT2D eigenvalue weighted by Crippen LogP contribution is -2.44. The molecule has 4 rings (SSSR count). The zero-order valence-electron chi connectivity index (χ0n) is 22.9. The molecule has 41 heavy (non-hydrogen) atoms. The summed E-state index contributed by atoms with van der Waals surface area (Å²) in [6.07, 6.45) is -2.00. The number of likely N-dealkylation sites (N-methyl/N-ethyl adjacent to an activating group) is 1. The molecule has 0 aliphatic carbocycles. The number of nitrogens with two attached hydrogens (primary N) is 1. The minimum atomic E-state index is -4.73. The maximum atomic E-state index is 13.4. The second-order valence-corrected chi connectivity index (χ2v) is 12.8. The van der Waals surface area contributed by atoms with Gasteiger partial charge in [0.1, 0.15) is 17.1 Å². The van der Waals surface area contributed by atoms with Gasteiger partial charge in [-0.1, -0.05) is 24.3 Å². The summed E-state index contributed by atoms with van der Waals surface area (Å²) >= 11 is 1.18. The molecule has 3 aromatic rings. The van der Waals surface area contributed by atoms with Crippen molar-refractivity contribution in [2.45, 2.75) is 17.5 Å². The van der Waals surface area contributed by atoms with Gasteiger partial charge in [0, 0.05) is 39.0 Å². The predicted octanol–water partition coefficient (Wildman–Crippen LogP) is 5.36. The number of nitrogens with zero attached hydrogens (tertiary/aromatic N) is 3. The molecule has 0 radical (unpaired) electrons. The van der Waals surface area contributed by atoms with Crippen LogP contribution in [0.3, 0.4) is 0 Å². The predicted molar refractivity (Wildman–Crippen MR) is 158 cm³/mol. The second kappa shape index (κ2) is 13.2. The van der Waals surface area contributed by atoms with Crippen LogP contribution in [0.5, 0.6) is 5.75 Å². The highest BCUT2D eigenvalue weighted by Gasteiger charge is 2.32. The first-order chi connectivity index (χ1) is 19.4. The van der Waals surface area contributed by atoms with E-state index < -0.39 is 21.7 Å². The molecular weight excluding hydrogens is 573 g/mol. The Balaban J connectivity index is 1.59. The van der Waals surface area contributed by atoms with E-state index in [0.29, 0.717) is 34.0 Å². The van der Waals surface area contributed by atoms with Crippen molar-refractivity contribution in [1.29, 1.82) is 0 Å². The van der Waals surface area contributed by atoms with Crippen molar-refractivity contribution in [3.8, 4) is 16.9 Å². The van der Waals surface area contributed by atoms with E-state index >= 15 is 0 Å². The van der Waals surface area contributed by atoms with E-state index in [1.165, 1.54) is 23.5 Å². The molecule has 220 valence electrons. The summed E-state index contributed by atoms with van der Waals surface area (Å²) in [5, 5.41) is 1.74. The number of hydrogen-bond acceptors (Lipinski definition) is 8. The molecule has 0 bridgehead atoms. The van der Waals surface area contributed by atoms with Crippen LogP contribution in [0.15, 0.2) is 81.6 Å². The number of rotatable bonds is 10. The Morgan fingerprint density at radius 3 is 2.51 bits per heavy atom. The Morgan fingerprint density at radius 1 is 1.07 bits per heavy atom. The molecule has 0 amide bonds. The first kappa shape index (κ1) is 30.8. The average molecular weight is 607 g/mol. The number of allylic oxidation sites excluding steroid dienone is 2. The Hall–Kier alpha value is -3.19. The number of halogens is 3. The van der Waals surface area contributed by atoms with Crippen LogP contribution in [0.2, 0.25) is 0 Å².